The third-order valence-corrected chi connectivity index (χ3v) is 8.49. The van der Waals surface area contributed by atoms with Gasteiger partial charge in [0.1, 0.15) is 0 Å². The molecule has 0 saturated carbocycles. The van der Waals surface area contributed by atoms with Gasteiger partial charge in [0, 0.05) is 19.5 Å². The third-order valence-electron chi connectivity index (χ3n) is 6.97. The minimum Gasteiger partial charge on any atom is -0.342 e. The van der Waals surface area contributed by atoms with Crippen molar-refractivity contribution in [3.63, 3.8) is 0 Å². The number of amides is 1. The van der Waals surface area contributed by atoms with E-state index in [-0.39, 0.29) is 22.1 Å². The van der Waals surface area contributed by atoms with Gasteiger partial charge in [-0.15, -0.1) is 0 Å². The first-order chi connectivity index (χ1) is 15.7. The van der Waals surface area contributed by atoms with E-state index in [9.17, 15) is 17.6 Å². The average molecular weight is 472 g/mol. The number of likely N-dealkylation sites (tertiary alicyclic amines) is 1. The van der Waals surface area contributed by atoms with Gasteiger partial charge in [0.2, 0.25) is 20.9 Å². The Morgan fingerprint density at radius 3 is 2.55 bits per heavy atom. The molecule has 1 heterocycles. The summed E-state index contributed by atoms with van der Waals surface area (Å²) >= 11 is 0. The summed E-state index contributed by atoms with van der Waals surface area (Å²) in [7, 11) is -4.18. The molecule has 178 valence electrons. The van der Waals surface area contributed by atoms with Crippen LogP contribution in [0.2, 0.25) is 0 Å². The van der Waals surface area contributed by atoms with Crippen molar-refractivity contribution in [2.75, 3.05) is 13.1 Å². The first kappa shape index (κ1) is 25.2. The molecule has 33 heavy (non-hydrogen) atoms. The van der Waals surface area contributed by atoms with Crippen molar-refractivity contribution in [3.8, 4) is 0 Å². The van der Waals surface area contributed by atoms with Crippen molar-refractivity contribution in [2.45, 2.75) is 63.2 Å². The zero-order chi connectivity index (χ0) is 24.1. The van der Waals surface area contributed by atoms with Crippen molar-refractivity contribution in [3.05, 3.63) is 70.9 Å². The lowest BCUT2D eigenvalue weighted by atomic mass is 9.68. The molecule has 0 spiro atoms. The van der Waals surface area contributed by atoms with E-state index in [1.165, 1.54) is 12.1 Å². The quantitative estimate of drug-likeness (QED) is 0.435. The number of hydrogen-bond acceptors (Lipinski definition) is 3. The van der Waals surface area contributed by atoms with Gasteiger partial charge in [-0.2, -0.15) is 4.39 Å². The van der Waals surface area contributed by atoms with E-state index in [2.05, 4.69) is 20.8 Å². The van der Waals surface area contributed by atoms with E-state index in [4.69, 9.17) is 0 Å². The molecule has 2 unspecified atom stereocenters. The molecule has 6 heteroatoms. The van der Waals surface area contributed by atoms with Crippen LogP contribution >= 0.6 is 0 Å². The number of piperidine rings is 1. The van der Waals surface area contributed by atoms with Gasteiger partial charge in [0.15, 0.2) is 0 Å². The molecule has 2 aromatic rings. The van der Waals surface area contributed by atoms with Gasteiger partial charge in [-0.1, -0.05) is 76.1 Å². The SMILES string of the molecule is CCCCCC(=O)N1CCC(C)(c2cccc(C=C(F)S(=O)(=O)c3ccccc3)c2)C(C)C1. The molecule has 2 aromatic carbocycles. The molecule has 1 saturated heterocycles. The minimum absolute atomic E-state index is 0.0635. The molecular formula is C27H34FNO3S. The summed E-state index contributed by atoms with van der Waals surface area (Å²) in [5.74, 6) is 0.445. The summed E-state index contributed by atoms with van der Waals surface area (Å²) in [5, 5.41) is -1.17. The second-order valence-corrected chi connectivity index (χ2v) is 11.1. The van der Waals surface area contributed by atoms with Crippen LogP contribution in [0.5, 0.6) is 0 Å². The fourth-order valence-corrected chi connectivity index (χ4v) is 5.51. The fourth-order valence-electron chi connectivity index (χ4n) is 4.48. The molecule has 2 atom stereocenters. The van der Waals surface area contributed by atoms with Crippen LogP contribution in [0.1, 0.15) is 64.0 Å². The van der Waals surface area contributed by atoms with Crippen LogP contribution in [0.25, 0.3) is 6.08 Å². The second-order valence-electron chi connectivity index (χ2n) is 9.26. The number of halogens is 1. The van der Waals surface area contributed by atoms with Gasteiger partial charge >= 0.3 is 0 Å². The number of sulfone groups is 1. The van der Waals surface area contributed by atoms with Crippen molar-refractivity contribution >= 4 is 21.8 Å². The third kappa shape index (κ3) is 5.72. The lowest BCUT2D eigenvalue weighted by Crippen LogP contribution is -2.49. The first-order valence-electron chi connectivity index (χ1n) is 11.7. The van der Waals surface area contributed by atoms with Crippen LogP contribution in [0.15, 0.2) is 64.7 Å². The zero-order valence-electron chi connectivity index (χ0n) is 19.8. The standard InChI is InChI=1S/C27H34FNO3S/c1-4-5-7-15-26(30)29-17-16-27(3,21(2)20-29)23-12-10-11-22(18-23)19-25(28)33(31,32)24-13-8-6-9-14-24/h6,8-14,18-19,21H,4-5,7,15-17,20H2,1-3H3. The fraction of sp³-hybridized carbons (Fsp3) is 0.444. The highest BCUT2D eigenvalue weighted by atomic mass is 32.2. The summed E-state index contributed by atoms with van der Waals surface area (Å²) in [5.41, 5.74) is 1.36. The highest BCUT2D eigenvalue weighted by Gasteiger charge is 2.39. The Labute approximate surface area is 197 Å². The Morgan fingerprint density at radius 2 is 1.88 bits per heavy atom. The van der Waals surface area contributed by atoms with E-state index in [0.29, 0.717) is 25.1 Å². The van der Waals surface area contributed by atoms with E-state index in [1.54, 1.807) is 24.3 Å². The van der Waals surface area contributed by atoms with E-state index in [0.717, 1.165) is 37.3 Å². The summed E-state index contributed by atoms with van der Waals surface area (Å²) in [6.45, 7) is 7.84. The lowest BCUT2D eigenvalue weighted by molar-refractivity contribution is -0.134. The highest BCUT2D eigenvalue weighted by molar-refractivity contribution is 7.95. The Balaban J connectivity index is 1.78. The van der Waals surface area contributed by atoms with Gasteiger partial charge < -0.3 is 4.90 Å². The summed E-state index contributed by atoms with van der Waals surface area (Å²) in [6.07, 6.45) is 5.61. The normalized spacial score (nSPS) is 21.8. The predicted molar refractivity (Wildman–Crippen MR) is 131 cm³/mol. The highest BCUT2D eigenvalue weighted by Crippen LogP contribution is 2.40. The zero-order valence-corrected chi connectivity index (χ0v) is 20.6. The van der Waals surface area contributed by atoms with Crippen LogP contribution in [0.3, 0.4) is 0 Å². The molecule has 0 radical (unpaired) electrons. The predicted octanol–water partition coefficient (Wildman–Crippen LogP) is 6.13. The number of carbonyl (C=O) groups excluding carboxylic acids is 1. The molecule has 1 aliphatic heterocycles. The Hall–Kier alpha value is -2.47. The van der Waals surface area contributed by atoms with E-state index < -0.39 is 15.0 Å². The van der Waals surface area contributed by atoms with E-state index >= 15 is 0 Å². The van der Waals surface area contributed by atoms with Crippen molar-refractivity contribution in [2.24, 2.45) is 5.92 Å². The summed E-state index contributed by atoms with van der Waals surface area (Å²) < 4.78 is 39.9. The number of unbranched alkanes of at least 4 members (excludes halogenated alkanes) is 2. The number of hydrogen-bond donors (Lipinski definition) is 0. The van der Waals surface area contributed by atoms with Gasteiger partial charge in [0.05, 0.1) is 4.90 Å². The first-order valence-corrected chi connectivity index (χ1v) is 13.2. The minimum atomic E-state index is -4.18. The molecule has 0 aliphatic carbocycles. The summed E-state index contributed by atoms with van der Waals surface area (Å²) in [6, 6.07) is 15.0. The topological polar surface area (TPSA) is 54.5 Å². The van der Waals surface area contributed by atoms with Gasteiger partial charge in [0.25, 0.3) is 0 Å². The number of benzene rings is 2. The average Bonchev–Trinajstić information content (AvgIpc) is 2.81. The van der Waals surface area contributed by atoms with Crippen LogP contribution in [-0.2, 0) is 20.0 Å². The number of carbonyl (C=O) groups is 1. The van der Waals surface area contributed by atoms with E-state index in [1.807, 2.05) is 23.1 Å². The molecule has 1 fully saturated rings. The monoisotopic (exact) mass is 471 g/mol. The number of rotatable bonds is 8. The molecule has 4 nitrogen and oxygen atoms in total. The molecule has 1 amide bonds. The Morgan fingerprint density at radius 1 is 1.15 bits per heavy atom. The van der Waals surface area contributed by atoms with Gasteiger partial charge in [-0.25, -0.2) is 8.42 Å². The molecular weight excluding hydrogens is 437 g/mol. The molecule has 3 rings (SSSR count). The Kier molecular flexibility index (Phi) is 8.11. The van der Waals surface area contributed by atoms with Gasteiger partial charge in [-0.3, -0.25) is 4.79 Å². The van der Waals surface area contributed by atoms with Crippen molar-refractivity contribution in [1.29, 1.82) is 0 Å². The molecule has 1 aliphatic rings. The summed E-state index contributed by atoms with van der Waals surface area (Å²) in [4.78, 5) is 14.5. The number of nitrogens with zero attached hydrogens (tertiary/aromatic N) is 1. The smallest absolute Gasteiger partial charge is 0.233 e. The van der Waals surface area contributed by atoms with Crippen LogP contribution < -0.4 is 0 Å². The van der Waals surface area contributed by atoms with Crippen LogP contribution in [0, 0.1) is 5.92 Å². The Bertz CT molecular complexity index is 1100. The maximum Gasteiger partial charge on any atom is 0.233 e. The molecule has 0 aromatic heterocycles. The maximum atomic E-state index is 14.8. The lowest BCUT2D eigenvalue weighted by Gasteiger charge is -2.45. The maximum absolute atomic E-state index is 14.8. The van der Waals surface area contributed by atoms with Crippen LogP contribution in [-0.4, -0.2) is 32.3 Å². The molecule has 0 N–H and O–H groups in total. The molecule has 0 bridgehead atoms. The largest absolute Gasteiger partial charge is 0.342 e. The van der Waals surface area contributed by atoms with Crippen LogP contribution in [0.4, 0.5) is 4.39 Å². The van der Waals surface area contributed by atoms with Gasteiger partial charge in [-0.05, 0) is 53.5 Å². The van der Waals surface area contributed by atoms with Crippen molar-refractivity contribution in [1.82, 2.24) is 4.90 Å². The second kappa shape index (κ2) is 10.6. The van der Waals surface area contributed by atoms with Crippen molar-refractivity contribution < 1.29 is 17.6 Å².